The Hall–Kier alpha value is -1.24. The van der Waals surface area contributed by atoms with Crippen molar-refractivity contribution in [1.29, 1.82) is 5.41 Å². The number of amidine groups is 1. The van der Waals surface area contributed by atoms with Crippen LogP contribution in [0.15, 0.2) is 0 Å². The number of ether oxygens (including phenoxy) is 2. The first kappa shape index (κ1) is 12.2. The molecule has 17 heavy (non-hydrogen) atoms. The molecule has 0 bridgehead atoms. The number of thioether (sulfide) groups is 1. The Kier molecular flexibility index (Phi) is 3.56. The third kappa shape index (κ3) is 3.36. The van der Waals surface area contributed by atoms with E-state index in [2.05, 4.69) is 0 Å². The highest BCUT2D eigenvalue weighted by Crippen LogP contribution is 2.27. The summed E-state index contributed by atoms with van der Waals surface area (Å²) in [5, 5.41) is 7.39. The van der Waals surface area contributed by atoms with Crippen LogP contribution in [0.2, 0.25) is 0 Å². The fraction of sp³-hybridized carbons (Fsp3) is 0.700. The third-order valence-electron chi connectivity index (χ3n) is 2.35. The summed E-state index contributed by atoms with van der Waals surface area (Å²) in [5.41, 5.74) is 0. The Balaban J connectivity index is 1.96. The summed E-state index contributed by atoms with van der Waals surface area (Å²) < 4.78 is 10.0. The van der Waals surface area contributed by atoms with Crippen molar-refractivity contribution in [2.24, 2.45) is 0 Å². The van der Waals surface area contributed by atoms with Gasteiger partial charge < -0.3 is 9.47 Å². The molecule has 2 rings (SSSR count). The van der Waals surface area contributed by atoms with Gasteiger partial charge in [-0.25, -0.2) is 9.59 Å². The first-order valence-corrected chi connectivity index (χ1v) is 6.68. The molecule has 0 aromatic carbocycles. The van der Waals surface area contributed by atoms with Gasteiger partial charge in [0.1, 0.15) is 12.2 Å². The normalized spacial score (nSPS) is 18.4. The van der Waals surface area contributed by atoms with Crippen molar-refractivity contribution < 1.29 is 19.1 Å². The molecule has 6 nitrogen and oxygen atoms in total. The van der Waals surface area contributed by atoms with E-state index in [4.69, 9.17) is 14.9 Å². The van der Waals surface area contributed by atoms with Crippen LogP contribution in [0.5, 0.6) is 0 Å². The zero-order chi connectivity index (χ0) is 12.4. The highest BCUT2D eigenvalue weighted by atomic mass is 32.2. The SMILES string of the molecule is CSC(=N)N(C(=O)OC1CC1)C(=O)OC1CC1. The van der Waals surface area contributed by atoms with E-state index in [1.165, 1.54) is 0 Å². The van der Waals surface area contributed by atoms with Gasteiger partial charge >= 0.3 is 12.2 Å². The maximum atomic E-state index is 11.7. The molecule has 2 aliphatic carbocycles. The number of rotatable bonds is 2. The topological polar surface area (TPSA) is 79.7 Å². The molecule has 0 radical (unpaired) electrons. The lowest BCUT2D eigenvalue weighted by Crippen LogP contribution is -2.41. The van der Waals surface area contributed by atoms with Crippen LogP contribution in [0.25, 0.3) is 0 Å². The van der Waals surface area contributed by atoms with Crippen molar-refractivity contribution in [3.8, 4) is 0 Å². The highest BCUT2D eigenvalue weighted by molar-refractivity contribution is 8.13. The van der Waals surface area contributed by atoms with Gasteiger partial charge in [-0.2, -0.15) is 4.90 Å². The van der Waals surface area contributed by atoms with E-state index in [-0.39, 0.29) is 17.4 Å². The van der Waals surface area contributed by atoms with Crippen LogP contribution in [0.4, 0.5) is 9.59 Å². The van der Waals surface area contributed by atoms with Gasteiger partial charge in [-0.1, -0.05) is 11.8 Å². The van der Waals surface area contributed by atoms with Crippen LogP contribution < -0.4 is 0 Å². The summed E-state index contributed by atoms with van der Waals surface area (Å²) in [6, 6.07) is 0. The summed E-state index contributed by atoms with van der Waals surface area (Å²) in [5.74, 6) is 0. The van der Waals surface area contributed by atoms with E-state index in [1.54, 1.807) is 6.26 Å². The number of amides is 2. The molecule has 0 unspecified atom stereocenters. The lowest BCUT2D eigenvalue weighted by molar-refractivity contribution is 0.0896. The van der Waals surface area contributed by atoms with Gasteiger partial charge in [0.2, 0.25) is 0 Å². The summed E-state index contributed by atoms with van der Waals surface area (Å²) in [4.78, 5) is 24.0. The van der Waals surface area contributed by atoms with Crippen molar-refractivity contribution in [2.45, 2.75) is 37.9 Å². The summed E-state index contributed by atoms with van der Waals surface area (Å²) >= 11 is 0.992. The predicted molar refractivity (Wildman–Crippen MR) is 62.1 cm³/mol. The number of hydrogen-bond acceptors (Lipinski definition) is 6. The van der Waals surface area contributed by atoms with E-state index < -0.39 is 12.2 Å². The van der Waals surface area contributed by atoms with E-state index >= 15 is 0 Å². The molecule has 94 valence electrons. The fourth-order valence-electron chi connectivity index (χ4n) is 1.09. The number of carbonyl (C=O) groups excluding carboxylic acids is 2. The maximum absolute atomic E-state index is 11.7. The zero-order valence-electron chi connectivity index (χ0n) is 9.47. The molecule has 2 fully saturated rings. The van der Waals surface area contributed by atoms with Gasteiger partial charge in [0, 0.05) is 0 Å². The van der Waals surface area contributed by atoms with Crippen LogP contribution >= 0.6 is 11.8 Å². The smallest absolute Gasteiger partial charge is 0.425 e. The summed E-state index contributed by atoms with van der Waals surface area (Å²) in [6.07, 6.45) is 3.09. The van der Waals surface area contributed by atoms with Crippen molar-refractivity contribution in [3.63, 3.8) is 0 Å². The standard InChI is InChI=1S/C10H14N2O4S/c1-17-8(11)12(9(13)15-6-2-3-6)10(14)16-7-4-5-7/h6-7,11H,2-5H2,1H3. The Bertz CT molecular complexity index is 326. The number of nitrogens with one attached hydrogen (secondary N) is 1. The number of hydrogen-bond donors (Lipinski definition) is 1. The van der Waals surface area contributed by atoms with E-state index in [9.17, 15) is 9.59 Å². The molecule has 0 aromatic rings. The quantitative estimate of drug-likeness (QED) is 0.606. The summed E-state index contributed by atoms with van der Waals surface area (Å²) in [7, 11) is 0. The molecule has 2 saturated carbocycles. The number of carbonyl (C=O) groups is 2. The van der Waals surface area contributed by atoms with Gasteiger partial charge in [-0.05, 0) is 31.9 Å². The predicted octanol–water partition coefficient (Wildman–Crippen LogP) is 2.18. The van der Waals surface area contributed by atoms with Gasteiger partial charge in [0.25, 0.3) is 0 Å². The second-order valence-corrected chi connectivity index (χ2v) is 4.81. The minimum Gasteiger partial charge on any atom is -0.445 e. The second kappa shape index (κ2) is 4.95. The zero-order valence-corrected chi connectivity index (χ0v) is 10.3. The monoisotopic (exact) mass is 258 g/mol. The Morgan fingerprint density at radius 3 is 1.82 bits per heavy atom. The second-order valence-electron chi connectivity index (χ2n) is 4.01. The minimum absolute atomic E-state index is 0.103. The lowest BCUT2D eigenvalue weighted by atomic mass is 10.7. The molecule has 0 aliphatic heterocycles. The van der Waals surface area contributed by atoms with E-state index in [0.29, 0.717) is 4.90 Å². The third-order valence-corrected chi connectivity index (χ3v) is 2.91. The maximum Gasteiger partial charge on any atom is 0.425 e. The van der Waals surface area contributed by atoms with Crippen LogP contribution in [-0.2, 0) is 9.47 Å². The molecular weight excluding hydrogens is 244 g/mol. The molecule has 2 amide bonds. The van der Waals surface area contributed by atoms with Crippen molar-refractivity contribution in [3.05, 3.63) is 0 Å². The molecule has 0 spiro atoms. The minimum atomic E-state index is -0.808. The first-order chi connectivity index (χ1) is 8.11. The van der Waals surface area contributed by atoms with Gasteiger partial charge in [0.15, 0.2) is 5.17 Å². The molecule has 0 atom stereocenters. The number of nitrogens with zero attached hydrogens (tertiary/aromatic N) is 1. The molecule has 2 aliphatic rings. The van der Waals surface area contributed by atoms with E-state index in [0.717, 1.165) is 37.4 Å². The average molecular weight is 258 g/mol. The highest BCUT2D eigenvalue weighted by Gasteiger charge is 2.37. The van der Waals surface area contributed by atoms with Crippen molar-refractivity contribution in [1.82, 2.24) is 4.90 Å². The van der Waals surface area contributed by atoms with Gasteiger partial charge in [-0.15, -0.1) is 0 Å². The first-order valence-electron chi connectivity index (χ1n) is 5.45. The molecule has 1 N–H and O–H groups in total. The Labute approximate surface area is 103 Å². The Morgan fingerprint density at radius 1 is 1.12 bits per heavy atom. The molecule has 7 heteroatoms. The number of imide groups is 1. The van der Waals surface area contributed by atoms with Crippen LogP contribution in [0.1, 0.15) is 25.7 Å². The van der Waals surface area contributed by atoms with Gasteiger partial charge in [-0.3, -0.25) is 5.41 Å². The van der Waals surface area contributed by atoms with Crippen LogP contribution in [-0.4, -0.2) is 40.7 Å². The van der Waals surface area contributed by atoms with Crippen LogP contribution in [0.3, 0.4) is 0 Å². The fourth-order valence-corrected chi connectivity index (χ4v) is 1.43. The molecule has 0 heterocycles. The Morgan fingerprint density at radius 2 is 1.53 bits per heavy atom. The average Bonchev–Trinajstić information content (AvgIpc) is 3.13. The molecule has 0 saturated heterocycles. The van der Waals surface area contributed by atoms with Crippen molar-refractivity contribution >= 4 is 29.1 Å². The van der Waals surface area contributed by atoms with E-state index in [1.807, 2.05) is 0 Å². The van der Waals surface area contributed by atoms with Crippen LogP contribution in [0, 0.1) is 5.41 Å². The largest absolute Gasteiger partial charge is 0.445 e. The van der Waals surface area contributed by atoms with Crippen molar-refractivity contribution in [2.75, 3.05) is 6.26 Å². The lowest BCUT2D eigenvalue weighted by Gasteiger charge is -2.18. The molecule has 0 aromatic heterocycles. The van der Waals surface area contributed by atoms with Gasteiger partial charge in [0.05, 0.1) is 0 Å². The molecular formula is C10H14N2O4S. The summed E-state index contributed by atoms with van der Waals surface area (Å²) in [6.45, 7) is 0.